The summed E-state index contributed by atoms with van der Waals surface area (Å²) in [6, 6.07) is 3.55. The highest BCUT2D eigenvalue weighted by molar-refractivity contribution is 5.37. The Morgan fingerprint density at radius 1 is 1.26 bits per heavy atom. The molecule has 0 amide bonds. The number of allylic oxidation sites excluding steroid dienone is 1. The zero-order valence-electron chi connectivity index (χ0n) is 10.9. The van der Waals surface area contributed by atoms with E-state index in [0.717, 1.165) is 18.5 Å². The van der Waals surface area contributed by atoms with Crippen molar-refractivity contribution in [2.75, 3.05) is 13.2 Å². The smallest absolute Gasteiger partial charge is 0.248 e. The van der Waals surface area contributed by atoms with Gasteiger partial charge in [0.1, 0.15) is 0 Å². The highest BCUT2D eigenvalue weighted by Crippen LogP contribution is 2.53. The number of pyridine rings is 1. The molecule has 1 aromatic rings. The highest BCUT2D eigenvalue weighted by Gasteiger charge is 2.55. The first-order chi connectivity index (χ1) is 9.19. The van der Waals surface area contributed by atoms with E-state index in [0.29, 0.717) is 13.2 Å². The van der Waals surface area contributed by atoms with E-state index in [2.05, 4.69) is 18.0 Å². The third-order valence-electron chi connectivity index (χ3n) is 4.59. The zero-order valence-corrected chi connectivity index (χ0v) is 10.9. The van der Waals surface area contributed by atoms with Gasteiger partial charge in [0.2, 0.25) is 5.56 Å². The second-order valence-electron chi connectivity index (χ2n) is 5.76. The molecule has 4 nitrogen and oxygen atoms in total. The summed E-state index contributed by atoms with van der Waals surface area (Å²) in [5, 5.41) is 0. The minimum atomic E-state index is -0.495. The number of hydrogen-bond acceptors (Lipinski definition) is 3. The van der Waals surface area contributed by atoms with Crippen molar-refractivity contribution in [1.29, 1.82) is 0 Å². The summed E-state index contributed by atoms with van der Waals surface area (Å²) in [7, 11) is 0. The maximum Gasteiger partial charge on any atom is 0.248 e. The number of fused-ring (bicyclic) bond motifs is 2. The summed E-state index contributed by atoms with van der Waals surface area (Å²) in [4.78, 5) is 14.5. The van der Waals surface area contributed by atoms with Crippen LogP contribution in [0.5, 0.6) is 0 Å². The molecule has 1 fully saturated rings. The quantitative estimate of drug-likeness (QED) is 0.722. The van der Waals surface area contributed by atoms with E-state index in [9.17, 15) is 4.79 Å². The van der Waals surface area contributed by atoms with Crippen LogP contribution in [0.3, 0.4) is 0 Å². The van der Waals surface area contributed by atoms with Crippen LogP contribution in [0, 0.1) is 5.92 Å². The fourth-order valence-electron chi connectivity index (χ4n) is 3.88. The van der Waals surface area contributed by atoms with Gasteiger partial charge in [0.05, 0.1) is 13.2 Å². The van der Waals surface area contributed by atoms with Gasteiger partial charge in [0.15, 0.2) is 5.79 Å². The van der Waals surface area contributed by atoms with Crippen LogP contribution in [-0.2, 0) is 15.9 Å². The Labute approximate surface area is 111 Å². The molecule has 4 rings (SSSR count). The molecule has 100 valence electrons. The minimum absolute atomic E-state index is 0.0262. The van der Waals surface area contributed by atoms with Crippen molar-refractivity contribution in [3.05, 3.63) is 45.4 Å². The molecule has 2 heterocycles. The SMILES string of the molecule is CC1=C[C@@H]2Cc3[nH]c(=O)ccc3[C@H](C1)C21OCCO1. The lowest BCUT2D eigenvalue weighted by atomic mass is 9.67. The van der Waals surface area contributed by atoms with E-state index in [4.69, 9.17) is 9.47 Å². The lowest BCUT2D eigenvalue weighted by Gasteiger charge is -2.48. The predicted octanol–water partition coefficient (Wildman–Crippen LogP) is 1.72. The molecule has 1 aromatic heterocycles. The van der Waals surface area contributed by atoms with Crippen molar-refractivity contribution in [2.24, 2.45) is 5.92 Å². The third-order valence-corrected chi connectivity index (χ3v) is 4.59. The van der Waals surface area contributed by atoms with Crippen molar-refractivity contribution in [1.82, 2.24) is 4.98 Å². The van der Waals surface area contributed by atoms with Crippen molar-refractivity contribution in [3.63, 3.8) is 0 Å². The lowest BCUT2D eigenvalue weighted by Crippen LogP contribution is -2.51. The summed E-state index contributed by atoms with van der Waals surface area (Å²) < 4.78 is 12.1. The maximum absolute atomic E-state index is 11.5. The van der Waals surface area contributed by atoms with Crippen molar-refractivity contribution >= 4 is 0 Å². The van der Waals surface area contributed by atoms with Gasteiger partial charge in [-0.3, -0.25) is 4.79 Å². The van der Waals surface area contributed by atoms with Crippen LogP contribution in [0.4, 0.5) is 0 Å². The fourth-order valence-corrected chi connectivity index (χ4v) is 3.88. The van der Waals surface area contributed by atoms with E-state index in [1.54, 1.807) is 6.07 Å². The number of ether oxygens (including phenoxy) is 2. The molecule has 1 spiro atoms. The monoisotopic (exact) mass is 259 g/mol. The second kappa shape index (κ2) is 3.81. The van der Waals surface area contributed by atoms with Gasteiger partial charge < -0.3 is 14.5 Å². The standard InChI is InChI=1S/C15H17NO3/c1-9-6-10-8-13-11(2-3-14(17)16-13)12(7-9)15(10)18-4-5-19-15/h2-3,6,10,12H,4-5,7-8H2,1H3,(H,16,17)/t10-,12+/m1/s1. The van der Waals surface area contributed by atoms with E-state index < -0.39 is 5.79 Å². The second-order valence-corrected chi connectivity index (χ2v) is 5.76. The molecule has 0 unspecified atom stereocenters. The number of hydrogen-bond donors (Lipinski definition) is 1. The van der Waals surface area contributed by atoms with Crippen LogP contribution in [0.1, 0.15) is 30.5 Å². The van der Waals surface area contributed by atoms with Crippen LogP contribution < -0.4 is 5.56 Å². The average molecular weight is 259 g/mol. The number of nitrogens with one attached hydrogen (secondary N) is 1. The third kappa shape index (κ3) is 1.50. The molecular weight excluding hydrogens is 242 g/mol. The molecule has 1 aliphatic heterocycles. The first-order valence-corrected chi connectivity index (χ1v) is 6.86. The molecule has 1 saturated heterocycles. The zero-order chi connectivity index (χ0) is 13.0. The summed E-state index contributed by atoms with van der Waals surface area (Å²) >= 11 is 0. The van der Waals surface area contributed by atoms with Crippen molar-refractivity contribution in [3.8, 4) is 0 Å². The van der Waals surface area contributed by atoms with E-state index in [1.165, 1.54) is 11.1 Å². The van der Waals surface area contributed by atoms with Crippen LogP contribution in [0.15, 0.2) is 28.6 Å². The van der Waals surface area contributed by atoms with Gasteiger partial charge in [0, 0.05) is 23.6 Å². The molecule has 19 heavy (non-hydrogen) atoms. The Bertz CT molecular complexity index is 610. The highest BCUT2D eigenvalue weighted by atomic mass is 16.7. The molecule has 0 radical (unpaired) electrons. The van der Waals surface area contributed by atoms with E-state index >= 15 is 0 Å². The molecule has 2 bridgehead atoms. The molecule has 3 aliphatic rings. The summed E-state index contributed by atoms with van der Waals surface area (Å²) in [5.41, 5.74) is 3.60. The van der Waals surface area contributed by atoms with E-state index in [-0.39, 0.29) is 17.4 Å². The van der Waals surface area contributed by atoms with Gasteiger partial charge in [-0.05, 0) is 25.3 Å². The fraction of sp³-hybridized carbons (Fsp3) is 0.533. The van der Waals surface area contributed by atoms with Gasteiger partial charge in [0.25, 0.3) is 0 Å². The number of aromatic nitrogens is 1. The predicted molar refractivity (Wildman–Crippen MR) is 70.0 cm³/mol. The van der Waals surface area contributed by atoms with Gasteiger partial charge in [-0.15, -0.1) is 0 Å². The Balaban J connectivity index is 1.91. The number of H-pyrrole nitrogens is 1. The molecule has 2 atom stereocenters. The summed E-state index contributed by atoms with van der Waals surface area (Å²) in [6.45, 7) is 3.50. The van der Waals surface area contributed by atoms with Gasteiger partial charge in [-0.2, -0.15) is 0 Å². The largest absolute Gasteiger partial charge is 0.346 e. The number of rotatable bonds is 0. The van der Waals surface area contributed by atoms with Crippen LogP contribution in [0.2, 0.25) is 0 Å². The van der Waals surface area contributed by atoms with Gasteiger partial charge in [-0.1, -0.05) is 17.7 Å². The minimum Gasteiger partial charge on any atom is -0.346 e. The van der Waals surface area contributed by atoms with E-state index in [1.807, 2.05) is 6.07 Å². The Morgan fingerprint density at radius 3 is 2.84 bits per heavy atom. The Kier molecular flexibility index (Phi) is 2.29. The Hall–Kier alpha value is -1.39. The maximum atomic E-state index is 11.5. The first kappa shape index (κ1) is 11.4. The molecule has 0 aromatic carbocycles. The van der Waals surface area contributed by atoms with Crippen LogP contribution in [-0.4, -0.2) is 24.0 Å². The molecule has 0 saturated carbocycles. The van der Waals surface area contributed by atoms with Crippen molar-refractivity contribution in [2.45, 2.75) is 31.5 Å². The average Bonchev–Trinajstić information content (AvgIpc) is 2.82. The van der Waals surface area contributed by atoms with Crippen molar-refractivity contribution < 1.29 is 9.47 Å². The number of aromatic amines is 1. The van der Waals surface area contributed by atoms with Crippen LogP contribution in [0.25, 0.3) is 0 Å². The molecule has 4 heteroatoms. The molecule has 1 N–H and O–H groups in total. The summed E-state index contributed by atoms with van der Waals surface area (Å²) in [6.07, 6.45) is 3.99. The Morgan fingerprint density at radius 2 is 2.05 bits per heavy atom. The summed E-state index contributed by atoms with van der Waals surface area (Å²) in [5.74, 6) is -0.0880. The normalized spacial score (nSPS) is 31.1. The van der Waals surface area contributed by atoms with Gasteiger partial charge in [-0.25, -0.2) is 0 Å². The topological polar surface area (TPSA) is 51.3 Å². The lowest BCUT2D eigenvalue weighted by molar-refractivity contribution is -0.209. The molecule has 2 aliphatic carbocycles. The molecular formula is C15H17NO3. The van der Waals surface area contributed by atoms with Gasteiger partial charge >= 0.3 is 0 Å². The first-order valence-electron chi connectivity index (χ1n) is 6.86. The van der Waals surface area contributed by atoms with Crippen LogP contribution >= 0.6 is 0 Å².